The van der Waals surface area contributed by atoms with Gasteiger partial charge in [0.1, 0.15) is 6.10 Å². The fourth-order valence-corrected chi connectivity index (χ4v) is 6.44. The van der Waals surface area contributed by atoms with Crippen molar-refractivity contribution in [3.05, 3.63) is 60.1 Å². The first kappa shape index (κ1) is 23.3. The molecule has 2 heterocycles. The monoisotopic (exact) mass is 452 g/mol. The molecule has 4 rings (SSSR count). The van der Waals surface area contributed by atoms with E-state index >= 15 is 0 Å². The van der Waals surface area contributed by atoms with Crippen molar-refractivity contribution in [2.45, 2.75) is 53.1 Å². The van der Waals surface area contributed by atoms with Crippen LogP contribution in [-0.2, 0) is 23.9 Å². The third-order valence-electron chi connectivity index (χ3n) is 8.34. The number of rotatable bonds is 4. The van der Waals surface area contributed by atoms with E-state index < -0.39 is 22.9 Å². The maximum atomic E-state index is 13.5. The lowest BCUT2D eigenvalue weighted by molar-refractivity contribution is -0.158. The number of ketones is 1. The van der Waals surface area contributed by atoms with Crippen molar-refractivity contribution in [3.63, 3.8) is 0 Å². The van der Waals surface area contributed by atoms with Crippen LogP contribution in [0.15, 0.2) is 59.0 Å². The van der Waals surface area contributed by atoms with E-state index in [-0.39, 0.29) is 35.4 Å². The van der Waals surface area contributed by atoms with E-state index in [1.54, 1.807) is 24.7 Å². The number of hydrogen-bond acceptors (Lipinski definition) is 6. The topological polar surface area (TPSA) is 82.8 Å². The molecule has 0 spiro atoms. The fraction of sp³-hybridized carbons (Fsp3) is 0.519. The summed E-state index contributed by atoms with van der Waals surface area (Å²) in [6.07, 6.45) is 9.04. The smallest absolute Gasteiger partial charge is 0.331 e. The highest BCUT2D eigenvalue weighted by Crippen LogP contribution is 2.62. The minimum Gasteiger partial charge on any atom is -0.472 e. The summed E-state index contributed by atoms with van der Waals surface area (Å²) < 4.78 is 16.1. The quantitative estimate of drug-likeness (QED) is 0.589. The van der Waals surface area contributed by atoms with Crippen molar-refractivity contribution in [3.8, 4) is 0 Å². The van der Waals surface area contributed by atoms with E-state index in [1.807, 2.05) is 13.0 Å². The summed E-state index contributed by atoms with van der Waals surface area (Å²) in [5.41, 5.74) is 0.702. The Morgan fingerprint density at radius 3 is 2.61 bits per heavy atom. The Balaban J connectivity index is 1.80. The maximum absolute atomic E-state index is 13.5. The van der Waals surface area contributed by atoms with Crippen molar-refractivity contribution >= 4 is 17.7 Å². The van der Waals surface area contributed by atoms with Crippen molar-refractivity contribution in [2.75, 3.05) is 7.11 Å². The second-order valence-corrected chi connectivity index (χ2v) is 10.7. The van der Waals surface area contributed by atoms with Gasteiger partial charge in [0.2, 0.25) is 0 Å². The molecule has 0 saturated heterocycles. The highest BCUT2D eigenvalue weighted by molar-refractivity contribution is 5.97. The highest BCUT2D eigenvalue weighted by Gasteiger charge is 2.59. The number of carbonyl (C=O) groups excluding carboxylic acids is 3. The molecular weight excluding hydrogens is 420 g/mol. The average molecular weight is 453 g/mol. The predicted molar refractivity (Wildman–Crippen MR) is 122 cm³/mol. The lowest BCUT2D eigenvalue weighted by Crippen LogP contribution is -2.54. The molecule has 1 aliphatic heterocycles. The van der Waals surface area contributed by atoms with Gasteiger partial charge in [-0.3, -0.25) is 9.59 Å². The third-order valence-corrected chi connectivity index (χ3v) is 8.34. The number of ether oxygens (including phenoxy) is 2. The first-order valence-corrected chi connectivity index (χ1v) is 11.4. The highest BCUT2D eigenvalue weighted by atomic mass is 16.5. The molecule has 2 aliphatic carbocycles. The van der Waals surface area contributed by atoms with Gasteiger partial charge in [0.05, 0.1) is 26.1 Å². The molecule has 3 aliphatic rings. The molecule has 5 atom stereocenters. The zero-order chi connectivity index (χ0) is 24.2. The standard InChI is InChI=1S/C27H32O6/c1-16-11-18(27(5)20(13-22(29)31-6)25(2,3)9-7-21(27)28)14-26(4)19(16)12-23(30)33-24(26)17-8-10-32-15-17/h7-10,12,15,18,20,24H,1,11,13-14H2,2-6H3. The number of fused-ring (bicyclic) bond motifs is 1. The SMILES string of the molecule is C=C1CC(C2(C)C(=O)C=CC(C)(C)C2CC(=O)OC)CC2(C)C1=CC(=O)OC2c1ccoc1. The minimum atomic E-state index is -0.813. The molecular formula is C27H32O6. The minimum absolute atomic E-state index is 0.0113. The Labute approximate surface area is 194 Å². The van der Waals surface area contributed by atoms with Crippen molar-refractivity contribution < 1.29 is 28.3 Å². The van der Waals surface area contributed by atoms with Crippen molar-refractivity contribution in [2.24, 2.45) is 28.1 Å². The molecule has 0 bridgehead atoms. The third kappa shape index (κ3) is 3.60. The average Bonchev–Trinajstić information content (AvgIpc) is 3.29. The van der Waals surface area contributed by atoms with Crippen LogP contribution in [0.5, 0.6) is 0 Å². The Bertz CT molecular complexity index is 1060. The summed E-state index contributed by atoms with van der Waals surface area (Å²) in [7, 11) is 1.37. The predicted octanol–water partition coefficient (Wildman–Crippen LogP) is 5.13. The molecule has 0 N–H and O–H groups in total. The van der Waals surface area contributed by atoms with Crippen LogP contribution in [0.2, 0.25) is 0 Å². The Kier molecular flexibility index (Phi) is 5.54. The van der Waals surface area contributed by atoms with Gasteiger partial charge in [0, 0.05) is 22.5 Å². The van der Waals surface area contributed by atoms with Crippen molar-refractivity contribution in [1.82, 2.24) is 0 Å². The normalized spacial score (nSPS) is 35.5. The van der Waals surface area contributed by atoms with Gasteiger partial charge in [-0.05, 0) is 47.8 Å². The largest absolute Gasteiger partial charge is 0.472 e. The van der Waals surface area contributed by atoms with Gasteiger partial charge in [-0.25, -0.2) is 4.79 Å². The number of allylic oxidation sites excluding steroid dienone is 3. The van der Waals surface area contributed by atoms with E-state index in [0.29, 0.717) is 12.8 Å². The summed E-state index contributed by atoms with van der Waals surface area (Å²) in [6.45, 7) is 12.5. The van der Waals surface area contributed by atoms with Gasteiger partial charge >= 0.3 is 11.9 Å². The van der Waals surface area contributed by atoms with Gasteiger partial charge in [-0.15, -0.1) is 0 Å². The molecule has 33 heavy (non-hydrogen) atoms. The van der Waals surface area contributed by atoms with Crippen LogP contribution in [0, 0.1) is 28.1 Å². The second kappa shape index (κ2) is 7.86. The molecule has 1 aromatic heterocycles. The molecule has 0 radical (unpaired) electrons. The lowest BCUT2D eigenvalue weighted by Gasteiger charge is -2.55. The molecule has 1 aromatic rings. The van der Waals surface area contributed by atoms with E-state index in [9.17, 15) is 14.4 Å². The van der Waals surface area contributed by atoms with E-state index in [2.05, 4.69) is 27.4 Å². The molecule has 1 fully saturated rings. The van der Waals surface area contributed by atoms with Crippen LogP contribution in [0.1, 0.15) is 58.6 Å². The van der Waals surface area contributed by atoms with Crippen LogP contribution in [-0.4, -0.2) is 24.8 Å². The fourth-order valence-electron chi connectivity index (χ4n) is 6.44. The molecule has 0 amide bonds. The number of carbonyl (C=O) groups is 3. The summed E-state index contributed by atoms with van der Waals surface area (Å²) in [5, 5.41) is 0. The summed E-state index contributed by atoms with van der Waals surface area (Å²) in [4.78, 5) is 38.3. The van der Waals surface area contributed by atoms with Gasteiger partial charge < -0.3 is 13.9 Å². The molecule has 176 valence electrons. The van der Waals surface area contributed by atoms with Crippen LogP contribution < -0.4 is 0 Å². The number of furan rings is 1. The van der Waals surface area contributed by atoms with Gasteiger partial charge in [0.15, 0.2) is 5.78 Å². The Hall–Kier alpha value is -2.89. The van der Waals surface area contributed by atoms with Gasteiger partial charge in [0.25, 0.3) is 0 Å². The number of methoxy groups -OCH3 is 1. The Morgan fingerprint density at radius 1 is 1.24 bits per heavy atom. The molecule has 5 unspecified atom stereocenters. The van der Waals surface area contributed by atoms with E-state index in [1.165, 1.54) is 13.2 Å². The zero-order valence-corrected chi connectivity index (χ0v) is 20.0. The van der Waals surface area contributed by atoms with Gasteiger partial charge in [-0.2, -0.15) is 0 Å². The number of esters is 2. The number of hydrogen-bond donors (Lipinski definition) is 0. The lowest BCUT2D eigenvalue weighted by atomic mass is 9.48. The second-order valence-electron chi connectivity index (χ2n) is 10.7. The molecule has 6 heteroatoms. The summed E-state index contributed by atoms with van der Waals surface area (Å²) in [5.74, 6) is -1.07. The Morgan fingerprint density at radius 2 is 1.97 bits per heavy atom. The van der Waals surface area contributed by atoms with E-state index in [0.717, 1.165) is 16.7 Å². The zero-order valence-electron chi connectivity index (χ0n) is 20.0. The summed E-state index contributed by atoms with van der Waals surface area (Å²) >= 11 is 0. The molecule has 6 nitrogen and oxygen atoms in total. The van der Waals surface area contributed by atoms with Crippen molar-refractivity contribution in [1.29, 1.82) is 0 Å². The first-order valence-electron chi connectivity index (χ1n) is 11.4. The van der Waals surface area contributed by atoms with E-state index in [4.69, 9.17) is 13.9 Å². The van der Waals surface area contributed by atoms with Crippen LogP contribution in [0.25, 0.3) is 0 Å². The first-order chi connectivity index (χ1) is 15.4. The van der Waals surface area contributed by atoms with Crippen LogP contribution >= 0.6 is 0 Å². The maximum Gasteiger partial charge on any atom is 0.331 e. The van der Waals surface area contributed by atoms with Crippen LogP contribution in [0.4, 0.5) is 0 Å². The van der Waals surface area contributed by atoms with Crippen LogP contribution in [0.3, 0.4) is 0 Å². The molecule has 1 saturated carbocycles. The van der Waals surface area contributed by atoms with Gasteiger partial charge in [-0.1, -0.05) is 45.9 Å². The summed E-state index contributed by atoms with van der Waals surface area (Å²) in [6, 6.07) is 1.80. The number of cyclic esters (lactones) is 1. The molecule has 0 aromatic carbocycles.